The summed E-state index contributed by atoms with van der Waals surface area (Å²) < 4.78 is 89.0. The van der Waals surface area contributed by atoms with Gasteiger partial charge in [-0.2, -0.15) is 0 Å². The number of methoxy groups -OCH3 is 1. The van der Waals surface area contributed by atoms with Crippen LogP contribution in [0.5, 0.6) is 17.2 Å². The normalized spacial score (nSPS) is 36.0. The Morgan fingerprint density at radius 3 is 1.56 bits per heavy atom. The zero-order valence-corrected chi connectivity index (χ0v) is 50.2. The summed E-state index contributed by atoms with van der Waals surface area (Å²) in [5, 5.41) is 153. The van der Waals surface area contributed by atoms with Crippen molar-refractivity contribution in [3.63, 3.8) is 0 Å². The molecule has 3 aromatic carbocycles. The van der Waals surface area contributed by atoms with Crippen LogP contribution in [0.4, 0.5) is 0 Å². The van der Waals surface area contributed by atoms with Crippen LogP contribution < -0.4 is 4.74 Å². The van der Waals surface area contributed by atoms with Crippen LogP contribution >= 0.6 is 0 Å². The average molecular weight is 1340 g/mol. The fraction of sp³-hybridized carbons (Fsp3) is 0.550. The van der Waals surface area contributed by atoms with Gasteiger partial charge < -0.3 is 143 Å². The summed E-state index contributed by atoms with van der Waals surface area (Å²) in [6.07, 6.45) is -45.4. The van der Waals surface area contributed by atoms with Crippen LogP contribution in [-0.2, 0) is 85.5 Å². The van der Waals surface area contributed by atoms with Crippen molar-refractivity contribution in [3.05, 3.63) is 102 Å². The minimum absolute atomic E-state index is 0.0365. The molecule has 3 aromatic rings. The Hall–Kier alpha value is -6.95. The van der Waals surface area contributed by atoms with E-state index in [0.29, 0.717) is 5.56 Å². The number of aliphatic hydroxyl groups is 12. The van der Waals surface area contributed by atoms with Crippen LogP contribution in [0.2, 0.25) is 0 Å². The topological polar surface area (TPSA) is 507 Å². The first kappa shape index (κ1) is 72.9. The maximum absolute atomic E-state index is 14.4. The van der Waals surface area contributed by atoms with Gasteiger partial charge in [-0.1, -0.05) is 36.4 Å². The second kappa shape index (κ2) is 32.7. The predicted octanol–water partition coefficient (Wildman–Crippen LogP) is -4.97. The molecule has 518 valence electrons. The summed E-state index contributed by atoms with van der Waals surface area (Å²) in [4.78, 5) is 67.5. The number of ether oxygens (including phenoxy) is 15. The molecule has 5 saturated heterocycles. The van der Waals surface area contributed by atoms with Crippen molar-refractivity contribution in [1.29, 1.82) is 0 Å². The number of benzene rings is 3. The first-order valence-electron chi connectivity index (χ1n) is 29.1. The lowest BCUT2D eigenvalue weighted by Crippen LogP contribution is -2.69. The molecule has 0 saturated carbocycles. The lowest BCUT2D eigenvalue weighted by molar-refractivity contribution is -0.423. The fourth-order valence-corrected chi connectivity index (χ4v) is 10.5. The van der Waals surface area contributed by atoms with E-state index in [1.165, 1.54) is 86.0 Å². The molecule has 5 heterocycles. The lowest BCUT2D eigenvalue weighted by Gasteiger charge is -2.51. The van der Waals surface area contributed by atoms with E-state index < -0.39 is 216 Å². The number of esters is 5. The molecule has 0 spiro atoms. The number of aromatic hydroxyl groups is 2. The van der Waals surface area contributed by atoms with Crippen LogP contribution in [-0.4, -0.2) is 295 Å². The van der Waals surface area contributed by atoms with Crippen molar-refractivity contribution < 1.29 is 167 Å². The molecule has 0 amide bonds. The number of carbonyl (C=O) groups is 5. The Morgan fingerprint density at radius 1 is 0.500 bits per heavy atom. The van der Waals surface area contributed by atoms with Gasteiger partial charge >= 0.3 is 29.8 Å². The monoisotopic (exact) mass is 1340 g/mol. The van der Waals surface area contributed by atoms with Crippen molar-refractivity contribution in [2.24, 2.45) is 0 Å². The summed E-state index contributed by atoms with van der Waals surface area (Å²) in [5.74, 6) is -9.18. The molecule has 0 aromatic heterocycles. The average Bonchev–Trinajstić information content (AvgIpc) is 1.34. The Morgan fingerprint density at radius 2 is 1.00 bits per heavy atom. The van der Waals surface area contributed by atoms with Gasteiger partial charge in [-0.25, -0.2) is 14.4 Å². The first-order chi connectivity index (χ1) is 44.8. The molecule has 24 atom stereocenters. The number of carbonyl (C=O) groups excluding carboxylic acids is 5. The highest BCUT2D eigenvalue weighted by atomic mass is 16.8. The first-order valence-corrected chi connectivity index (χ1v) is 29.1. The second-order valence-corrected chi connectivity index (χ2v) is 22.0. The Bertz CT molecular complexity index is 3060. The van der Waals surface area contributed by atoms with Gasteiger partial charge in [-0.3, -0.25) is 9.59 Å². The van der Waals surface area contributed by atoms with Crippen LogP contribution in [0, 0.1) is 0 Å². The maximum atomic E-state index is 14.4. The molecule has 5 fully saturated rings. The summed E-state index contributed by atoms with van der Waals surface area (Å²) in [7, 11) is 1.25. The standard InChI is InChI=1S/C60H74O34/c1-26(64)81-23-37-50(89-56-47(76)44(73)41(70)34(20-61)84-56)46(75)49(78)58(86-37)90-52-51(88-40(69)18-13-29-11-16-32(67)33(19-29)80-3)38(24-82-27(2)65)87-59(53(52)91-57-48(77)45(74)42(71)35(21-62)85-57)94-60(25-83-39(68)17-12-28-9-14-31(66)15-10-28)54(43(72)36(22-63)93-60)92-55(79)30-7-5-4-6-8-30/h4-19,34-38,41-54,56-59,61-63,66-67,70-78H,20-25H2,1-3H3/b17-12-,18-13+/t34-,35-,36-,37-,38-,41-,42-,43-,44+,45+,46-,47-,48-,49-,50-,51-,52+,53-,54+,56+,57+,58-,59-,60+/m1/s1. The zero-order valence-electron chi connectivity index (χ0n) is 50.2. The third-order valence-corrected chi connectivity index (χ3v) is 15.5. The van der Waals surface area contributed by atoms with Crippen molar-refractivity contribution in [2.75, 3.05) is 46.8 Å². The summed E-state index contributed by atoms with van der Waals surface area (Å²) in [6, 6.07) is 16.4. The van der Waals surface area contributed by atoms with Gasteiger partial charge in [0.05, 0.1) is 32.5 Å². The van der Waals surface area contributed by atoms with E-state index in [1.807, 2.05) is 0 Å². The largest absolute Gasteiger partial charge is 0.508 e. The zero-order chi connectivity index (χ0) is 68.3. The van der Waals surface area contributed by atoms with Gasteiger partial charge in [0.2, 0.25) is 5.79 Å². The molecule has 5 aliphatic heterocycles. The molecule has 94 heavy (non-hydrogen) atoms. The van der Waals surface area contributed by atoms with E-state index in [1.54, 1.807) is 6.07 Å². The quantitative estimate of drug-likeness (QED) is 0.0215. The SMILES string of the molecule is COc1cc(/C=C/C(=O)O[C@H]2[C@H](O[C@H]3O[C@H](COC(C)=O)[C@@H](O[C@@H]4O[C@H](CO)[C@@H](O)[C@H](O)[C@H]4O)[C@H](O)[C@H]3O)[C@@H](O[C@@H]3O[C@H](CO)[C@@H](O)[C@H](O)[C@H]3O)[C@@H](O[C@]3(COC(=O)/C=C\c4ccc(O)cc4)O[C@H](CO)[C@@H](O)[C@@H]3OC(=O)c3ccccc3)O[C@@H]2COC(C)=O)ccc1O. The van der Waals surface area contributed by atoms with Crippen LogP contribution in [0.15, 0.2) is 84.9 Å². The summed E-state index contributed by atoms with van der Waals surface area (Å²) >= 11 is 0. The van der Waals surface area contributed by atoms with Gasteiger partial charge in [-0.15, -0.1) is 0 Å². The van der Waals surface area contributed by atoms with E-state index in [0.717, 1.165) is 26.0 Å². The van der Waals surface area contributed by atoms with Crippen molar-refractivity contribution in [2.45, 2.75) is 161 Å². The molecule has 34 heteroatoms. The van der Waals surface area contributed by atoms with E-state index in [9.17, 15) is 95.5 Å². The molecule has 14 N–H and O–H groups in total. The van der Waals surface area contributed by atoms with Gasteiger partial charge in [0, 0.05) is 26.0 Å². The number of aliphatic hydroxyl groups excluding tert-OH is 12. The smallest absolute Gasteiger partial charge is 0.338 e. The van der Waals surface area contributed by atoms with Gasteiger partial charge in [-0.05, 0) is 59.7 Å². The fourth-order valence-electron chi connectivity index (χ4n) is 10.5. The Kier molecular flexibility index (Phi) is 25.3. The molecular formula is C60H74O34. The number of rotatable bonds is 25. The van der Waals surface area contributed by atoms with E-state index in [4.69, 9.17) is 71.1 Å². The van der Waals surface area contributed by atoms with E-state index in [2.05, 4.69) is 0 Å². The molecule has 5 aliphatic rings. The molecule has 8 rings (SSSR count). The highest BCUT2D eigenvalue weighted by molar-refractivity contribution is 5.90. The number of phenolic OH excluding ortho intramolecular Hbond substituents is 2. The molecule has 34 nitrogen and oxygen atoms in total. The van der Waals surface area contributed by atoms with Crippen LogP contribution in [0.1, 0.15) is 35.3 Å². The second-order valence-electron chi connectivity index (χ2n) is 22.0. The Balaban J connectivity index is 1.29. The third-order valence-electron chi connectivity index (χ3n) is 15.5. The minimum Gasteiger partial charge on any atom is -0.508 e. The third kappa shape index (κ3) is 17.4. The van der Waals surface area contributed by atoms with E-state index in [-0.39, 0.29) is 28.4 Å². The molecule has 0 bridgehead atoms. The Labute approximate surface area is 533 Å². The van der Waals surface area contributed by atoms with Crippen molar-refractivity contribution in [1.82, 2.24) is 0 Å². The molecular weight excluding hydrogens is 1260 g/mol. The van der Waals surface area contributed by atoms with Crippen molar-refractivity contribution >= 4 is 42.0 Å². The highest BCUT2D eigenvalue weighted by Crippen LogP contribution is 2.43. The number of hydrogen-bond acceptors (Lipinski definition) is 34. The predicted molar refractivity (Wildman–Crippen MR) is 304 cm³/mol. The molecule has 0 aliphatic carbocycles. The van der Waals surface area contributed by atoms with Crippen molar-refractivity contribution in [3.8, 4) is 17.2 Å². The number of hydrogen-bond donors (Lipinski definition) is 14. The van der Waals surface area contributed by atoms with Gasteiger partial charge in [0.1, 0.15) is 129 Å². The minimum atomic E-state index is -3.00. The maximum Gasteiger partial charge on any atom is 0.338 e. The molecule has 0 radical (unpaired) electrons. The summed E-state index contributed by atoms with van der Waals surface area (Å²) in [6.45, 7) is -4.45. The van der Waals surface area contributed by atoms with Crippen LogP contribution in [0.3, 0.4) is 0 Å². The number of phenols is 2. The summed E-state index contributed by atoms with van der Waals surface area (Å²) in [5.41, 5.74) is 0.420. The van der Waals surface area contributed by atoms with Gasteiger partial charge in [0.25, 0.3) is 0 Å². The van der Waals surface area contributed by atoms with Crippen LogP contribution in [0.25, 0.3) is 12.2 Å². The van der Waals surface area contributed by atoms with E-state index >= 15 is 0 Å². The molecule has 0 unspecified atom stereocenters. The van der Waals surface area contributed by atoms with Gasteiger partial charge in [0.15, 0.2) is 48.9 Å². The lowest BCUT2D eigenvalue weighted by atomic mass is 9.95. The highest BCUT2D eigenvalue weighted by Gasteiger charge is 2.64.